The van der Waals surface area contributed by atoms with Crippen LogP contribution in [0.5, 0.6) is 0 Å². The molecule has 6 nitrogen and oxygen atoms in total. The zero-order chi connectivity index (χ0) is 27.0. The van der Waals surface area contributed by atoms with Crippen LogP contribution in [0.15, 0.2) is 52.9 Å². The van der Waals surface area contributed by atoms with E-state index in [0.717, 1.165) is 42.6 Å². The van der Waals surface area contributed by atoms with E-state index in [2.05, 4.69) is 10.2 Å². The molecule has 2 aromatic carbocycles. The molecule has 0 unspecified atom stereocenters. The fourth-order valence-electron chi connectivity index (χ4n) is 5.02. The lowest BCUT2D eigenvalue weighted by Crippen LogP contribution is -2.37. The lowest BCUT2D eigenvalue weighted by molar-refractivity contribution is -0.137. The number of alkyl halides is 3. The average molecular weight is 530 g/mol. The maximum atomic E-state index is 13.5. The first-order valence-electron chi connectivity index (χ1n) is 12.5. The van der Waals surface area contributed by atoms with Gasteiger partial charge < -0.3 is 20.4 Å². The van der Waals surface area contributed by atoms with Crippen LogP contribution in [0.25, 0.3) is 11.3 Å². The van der Waals surface area contributed by atoms with E-state index in [1.165, 1.54) is 30.3 Å². The molecule has 0 spiro atoms. The first-order chi connectivity index (χ1) is 18.1. The van der Waals surface area contributed by atoms with Crippen LogP contribution in [-0.4, -0.2) is 31.4 Å². The number of hydrogen-bond donors (Lipinski definition) is 2. The van der Waals surface area contributed by atoms with Crippen molar-refractivity contribution in [3.05, 3.63) is 76.8 Å². The third kappa shape index (κ3) is 5.54. The summed E-state index contributed by atoms with van der Waals surface area (Å²) in [7, 11) is 0. The molecule has 0 bridgehead atoms. The Morgan fingerprint density at radius 3 is 2.63 bits per heavy atom. The molecule has 3 N–H and O–H groups in total. The molecule has 3 aromatic rings. The van der Waals surface area contributed by atoms with Gasteiger partial charge in [-0.15, -0.1) is 0 Å². The second-order valence-corrected chi connectivity index (χ2v) is 9.87. The lowest BCUT2D eigenvalue weighted by Gasteiger charge is -2.21. The van der Waals surface area contributed by atoms with Crippen LogP contribution in [0.4, 0.5) is 23.2 Å². The highest BCUT2D eigenvalue weighted by Gasteiger charge is 2.35. The molecule has 1 saturated carbocycles. The number of nitrogens with one attached hydrogen (secondary N) is 1. The van der Waals surface area contributed by atoms with E-state index in [4.69, 9.17) is 10.2 Å². The van der Waals surface area contributed by atoms with E-state index < -0.39 is 23.6 Å². The molecule has 10 heteroatoms. The summed E-state index contributed by atoms with van der Waals surface area (Å²) in [5.74, 6) is -2.12. The van der Waals surface area contributed by atoms with E-state index in [1.807, 2.05) is 0 Å². The van der Waals surface area contributed by atoms with Gasteiger partial charge in [-0.05, 0) is 60.7 Å². The number of hydrogen-bond acceptors (Lipinski definition) is 4. The summed E-state index contributed by atoms with van der Waals surface area (Å²) in [6.07, 6.45) is -1.44. The number of carbonyl (C=O) groups excluding carboxylic acids is 2. The second kappa shape index (κ2) is 10.2. The molecular weight excluding hydrogens is 502 g/mol. The van der Waals surface area contributed by atoms with Gasteiger partial charge >= 0.3 is 6.18 Å². The second-order valence-electron chi connectivity index (χ2n) is 9.87. The van der Waals surface area contributed by atoms with Gasteiger partial charge in [0.15, 0.2) is 5.76 Å². The minimum absolute atomic E-state index is 0.0365. The normalized spacial score (nSPS) is 15.8. The van der Waals surface area contributed by atoms with Crippen LogP contribution >= 0.6 is 0 Å². The van der Waals surface area contributed by atoms with Crippen molar-refractivity contribution in [2.75, 3.05) is 24.5 Å². The summed E-state index contributed by atoms with van der Waals surface area (Å²) in [4.78, 5) is 27.7. The van der Waals surface area contributed by atoms with Crippen molar-refractivity contribution in [2.45, 2.75) is 37.8 Å². The number of carbonyl (C=O) groups is 2. The topological polar surface area (TPSA) is 88.6 Å². The molecule has 2 heterocycles. The maximum absolute atomic E-state index is 13.5. The Balaban J connectivity index is 1.35. The zero-order valence-electron chi connectivity index (χ0n) is 20.5. The molecule has 0 saturated heterocycles. The van der Waals surface area contributed by atoms with Crippen LogP contribution in [-0.2, 0) is 17.4 Å². The van der Waals surface area contributed by atoms with Crippen molar-refractivity contribution in [2.24, 2.45) is 11.7 Å². The molecule has 2 amide bonds. The minimum atomic E-state index is -4.55. The van der Waals surface area contributed by atoms with E-state index in [0.29, 0.717) is 32.0 Å². The van der Waals surface area contributed by atoms with E-state index in [-0.39, 0.29) is 34.4 Å². The lowest BCUT2D eigenvalue weighted by atomic mass is 9.91. The molecule has 5 rings (SSSR count). The van der Waals surface area contributed by atoms with Crippen LogP contribution in [0.2, 0.25) is 0 Å². The number of amides is 2. The van der Waals surface area contributed by atoms with Crippen molar-refractivity contribution in [3.63, 3.8) is 0 Å². The number of furan rings is 1. The third-order valence-corrected chi connectivity index (χ3v) is 7.13. The predicted molar refractivity (Wildman–Crippen MR) is 133 cm³/mol. The highest BCUT2D eigenvalue weighted by atomic mass is 19.4. The molecule has 1 aromatic heterocycles. The number of fused-ring (bicyclic) bond motifs is 1. The highest BCUT2D eigenvalue weighted by Crippen LogP contribution is 2.42. The summed E-state index contributed by atoms with van der Waals surface area (Å²) < 4.78 is 58.8. The van der Waals surface area contributed by atoms with Crippen molar-refractivity contribution < 1.29 is 31.6 Å². The number of nitrogens with zero attached hydrogens (tertiary/aromatic N) is 1. The summed E-state index contributed by atoms with van der Waals surface area (Å²) in [5, 5.41) is 2.93. The van der Waals surface area contributed by atoms with Gasteiger partial charge in [0, 0.05) is 36.4 Å². The van der Waals surface area contributed by atoms with Crippen LogP contribution in [0.1, 0.15) is 52.4 Å². The highest BCUT2D eigenvalue weighted by molar-refractivity contribution is 5.95. The number of rotatable bonds is 9. The quantitative estimate of drug-likeness (QED) is 0.370. The number of benzene rings is 2. The number of halogens is 4. The van der Waals surface area contributed by atoms with Gasteiger partial charge in [-0.3, -0.25) is 9.59 Å². The molecule has 38 heavy (non-hydrogen) atoms. The van der Waals surface area contributed by atoms with Crippen molar-refractivity contribution in [1.29, 1.82) is 0 Å². The Bertz CT molecular complexity index is 1360. The Hall–Kier alpha value is -3.82. The molecular formula is C28H27F4N3O3. The van der Waals surface area contributed by atoms with Gasteiger partial charge in [0.2, 0.25) is 5.91 Å². The fraction of sp³-hybridized carbons (Fsp3) is 0.357. The molecule has 2 aliphatic rings. The number of primary amides is 1. The van der Waals surface area contributed by atoms with Gasteiger partial charge in [0.25, 0.3) is 5.91 Å². The number of nitrogens with two attached hydrogens (primary N) is 1. The van der Waals surface area contributed by atoms with Gasteiger partial charge in [-0.2, -0.15) is 13.2 Å². The summed E-state index contributed by atoms with van der Waals surface area (Å²) in [6.45, 7) is 1.55. The van der Waals surface area contributed by atoms with Gasteiger partial charge in [-0.25, -0.2) is 4.39 Å². The maximum Gasteiger partial charge on any atom is 0.416 e. The summed E-state index contributed by atoms with van der Waals surface area (Å²) in [6, 6.07) is 10.7. The molecule has 0 radical (unpaired) electrons. The van der Waals surface area contributed by atoms with E-state index >= 15 is 0 Å². The Morgan fingerprint density at radius 1 is 1.13 bits per heavy atom. The van der Waals surface area contributed by atoms with Crippen LogP contribution in [0, 0.1) is 11.7 Å². The zero-order valence-corrected chi connectivity index (χ0v) is 20.5. The Morgan fingerprint density at radius 2 is 1.92 bits per heavy atom. The van der Waals surface area contributed by atoms with E-state index in [9.17, 15) is 27.2 Å². The Kier molecular flexibility index (Phi) is 6.90. The fourth-order valence-corrected chi connectivity index (χ4v) is 5.02. The minimum Gasteiger partial charge on any atom is -0.451 e. The first kappa shape index (κ1) is 25.8. The SMILES string of the molecule is NC(=O)c1oc(-c2cccc(C(F)(F)F)c2)cc1[C@H](CC1CC1)C(=O)NCCN1CCc2cc(F)ccc21. The summed E-state index contributed by atoms with van der Waals surface area (Å²) in [5.41, 5.74) is 6.96. The molecule has 1 aliphatic carbocycles. The van der Waals surface area contributed by atoms with Gasteiger partial charge in [0.05, 0.1) is 11.5 Å². The smallest absolute Gasteiger partial charge is 0.416 e. The molecule has 1 fully saturated rings. The monoisotopic (exact) mass is 529 g/mol. The average Bonchev–Trinajstić information content (AvgIpc) is 3.44. The molecule has 1 aliphatic heterocycles. The molecule has 1 atom stereocenters. The summed E-state index contributed by atoms with van der Waals surface area (Å²) >= 11 is 0. The van der Waals surface area contributed by atoms with Crippen LogP contribution in [0.3, 0.4) is 0 Å². The van der Waals surface area contributed by atoms with Crippen molar-refractivity contribution in [1.82, 2.24) is 5.32 Å². The standard InChI is InChI=1S/C28H27F4N3O3/c29-20-6-7-23-17(14-20)8-10-35(23)11-9-34-27(37)22(12-16-4-5-16)21-15-24(38-25(21)26(33)36)18-2-1-3-19(13-18)28(30,31)32/h1-3,6-7,13-16,22H,4-5,8-12H2,(H2,33,36)(H,34,37)/t22-/m0/s1. The van der Waals surface area contributed by atoms with Gasteiger partial charge in [0.1, 0.15) is 11.6 Å². The third-order valence-electron chi connectivity index (χ3n) is 7.13. The van der Waals surface area contributed by atoms with E-state index in [1.54, 1.807) is 6.07 Å². The predicted octanol–water partition coefficient (Wildman–Crippen LogP) is 5.27. The van der Waals surface area contributed by atoms with Crippen LogP contribution < -0.4 is 16.0 Å². The van der Waals surface area contributed by atoms with Gasteiger partial charge in [-0.1, -0.05) is 25.0 Å². The van der Waals surface area contributed by atoms with Crippen molar-refractivity contribution in [3.8, 4) is 11.3 Å². The molecule has 200 valence electrons. The first-order valence-corrected chi connectivity index (χ1v) is 12.5. The van der Waals surface area contributed by atoms with Crippen molar-refractivity contribution >= 4 is 17.5 Å². The Labute approximate surface area is 216 Å². The largest absolute Gasteiger partial charge is 0.451 e. The number of anilines is 1.